The summed E-state index contributed by atoms with van der Waals surface area (Å²) in [5, 5.41) is 10.9. The number of hydrogen-bond acceptors (Lipinski definition) is 5. The molecule has 0 atom stereocenters. The van der Waals surface area contributed by atoms with Crippen molar-refractivity contribution in [1.82, 2.24) is 4.57 Å². The highest BCUT2D eigenvalue weighted by Gasteiger charge is 2.21. The molecule has 1 aromatic heterocycles. The number of aryl methyl sites for hydroxylation is 1. The van der Waals surface area contributed by atoms with E-state index in [1.807, 2.05) is 13.8 Å². The molecule has 0 aliphatic rings. The Labute approximate surface area is 168 Å². The largest absolute Gasteiger partial charge is 0.454 e. The number of nitrogens with zero attached hydrogens (tertiary/aromatic N) is 2. The topological polar surface area (TPSA) is 91.4 Å². The Kier molecular flexibility index (Phi) is 6.96. The molecule has 2 aromatic rings. The number of halogens is 1. The highest BCUT2D eigenvalue weighted by molar-refractivity contribution is 6.33. The number of carbonyl (C=O) groups excluding carboxylic acids is 2. The van der Waals surface area contributed by atoms with Crippen LogP contribution in [-0.4, -0.2) is 27.8 Å². The number of carbonyl (C=O) groups is 2. The molecule has 0 fully saturated rings. The molecule has 0 unspecified atom stereocenters. The average molecular weight is 407 g/mol. The highest BCUT2D eigenvalue weighted by Crippen LogP contribution is 2.23. The maximum absolute atomic E-state index is 12.5. The monoisotopic (exact) mass is 406 g/mol. The Hall–Kier alpha value is -2.67. The number of non-ortho nitro benzene ring substituents is 1. The smallest absolute Gasteiger partial charge is 0.340 e. The van der Waals surface area contributed by atoms with Crippen molar-refractivity contribution in [3.05, 3.63) is 61.9 Å². The highest BCUT2D eigenvalue weighted by atomic mass is 35.5. The van der Waals surface area contributed by atoms with Gasteiger partial charge in [0.1, 0.15) is 0 Å². The summed E-state index contributed by atoms with van der Waals surface area (Å²) in [7, 11) is 0. The minimum Gasteiger partial charge on any atom is -0.454 e. The van der Waals surface area contributed by atoms with Gasteiger partial charge in [0.2, 0.25) is 5.78 Å². The molecule has 28 heavy (non-hydrogen) atoms. The quantitative estimate of drug-likeness (QED) is 0.273. The molecule has 0 saturated heterocycles. The van der Waals surface area contributed by atoms with Gasteiger partial charge in [-0.05, 0) is 38.3 Å². The van der Waals surface area contributed by atoms with Crippen molar-refractivity contribution < 1.29 is 19.2 Å². The van der Waals surface area contributed by atoms with Gasteiger partial charge >= 0.3 is 5.97 Å². The van der Waals surface area contributed by atoms with E-state index in [0.29, 0.717) is 11.5 Å². The van der Waals surface area contributed by atoms with Crippen molar-refractivity contribution >= 4 is 29.0 Å². The van der Waals surface area contributed by atoms with Crippen LogP contribution in [0.5, 0.6) is 0 Å². The van der Waals surface area contributed by atoms with Crippen molar-refractivity contribution in [2.45, 2.75) is 40.7 Å². The van der Waals surface area contributed by atoms with E-state index in [2.05, 4.69) is 18.4 Å². The fourth-order valence-electron chi connectivity index (χ4n) is 2.88. The molecule has 0 amide bonds. The van der Waals surface area contributed by atoms with Crippen molar-refractivity contribution in [3.8, 4) is 0 Å². The predicted molar refractivity (Wildman–Crippen MR) is 106 cm³/mol. The maximum Gasteiger partial charge on any atom is 0.340 e. The molecular weight excluding hydrogens is 384 g/mol. The summed E-state index contributed by atoms with van der Waals surface area (Å²) in [6.07, 6.45) is 0.990. The fourth-order valence-corrected chi connectivity index (χ4v) is 3.08. The zero-order valence-electron chi connectivity index (χ0n) is 16.3. The summed E-state index contributed by atoms with van der Waals surface area (Å²) >= 11 is 5.93. The first kappa shape index (κ1) is 21.6. The lowest BCUT2D eigenvalue weighted by molar-refractivity contribution is -0.384. The number of benzene rings is 1. The van der Waals surface area contributed by atoms with Crippen LogP contribution in [0.15, 0.2) is 24.3 Å². The van der Waals surface area contributed by atoms with E-state index in [0.717, 1.165) is 30.4 Å². The Morgan fingerprint density at radius 2 is 1.89 bits per heavy atom. The Balaban J connectivity index is 2.10. The first-order valence-corrected chi connectivity index (χ1v) is 9.30. The van der Waals surface area contributed by atoms with E-state index < -0.39 is 17.5 Å². The van der Waals surface area contributed by atoms with E-state index in [4.69, 9.17) is 16.3 Å². The molecule has 0 aliphatic heterocycles. The first-order chi connectivity index (χ1) is 13.1. The molecular formula is C20H23ClN2O5. The molecule has 0 aliphatic carbocycles. The second kappa shape index (κ2) is 9.01. The number of nitro groups is 1. The van der Waals surface area contributed by atoms with Gasteiger partial charge in [0.25, 0.3) is 5.69 Å². The van der Waals surface area contributed by atoms with Gasteiger partial charge in [-0.1, -0.05) is 25.4 Å². The van der Waals surface area contributed by atoms with Crippen molar-refractivity contribution in [1.29, 1.82) is 0 Å². The molecule has 0 spiro atoms. The van der Waals surface area contributed by atoms with Crippen LogP contribution in [0.1, 0.15) is 52.4 Å². The summed E-state index contributed by atoms with van der Waals surface area (Å²) < 4.78 is 7.13. The van der Waals surface area contributed by atoms with Gasteiger partial charge < -0.3 is 9.30 Å². The van der Waals surface area contributed by atoms with Gasteiger partial charge in [-0.3, -0.25) is 14.9 Å². The van der Waals surface area contributed by atoms with Gasteiger partial charge in [-0.2, -0.15) is 0 Å². The van der Waals surface area contributed by atoms with Gasteiger partial charge in [-0.25, -0.2) is 4.79 Å². The zero-order valence-corrected chi connectivity index (χ0v) is 17.1. The molecule has 0 saturated carbocycles. The molecule has 1 heterocycles. The van der Waals surface area contributed by atoms with Crippen LogP contribution in [-0.2, 0) is 11.3 Å². The fraction of sp³-hybridized carbons (Fsp3) is 0.400. The molecule has 150 valence electrons. The first-order valence-electron chi connectivity index (χ1n) is 8.92. The number of nitro benzene ring substituents is 1. The second-order valence-corrected chi connectivity index (χ2v) is 7.45. The number of ether oxygens (including phenoxy) is 1. The van der Waals surface area contributed by atoms with Gasteiger partial charge in [0.15, 0.2) is 6.61 Å². The van der Waals surface area contributed by atoms with E-state index in [1.54, 1.807) is 6.07 Å². The normalized spacial score (nSPS) is 10.9. The lowest BCUT2D eigenvalue weighted by Gasteiger charge is -2.11. The molecule has 1 aromatic carbocycles. The summed E-state index contributed by atoms with van der Waals surface area (Å²) in [6, 6.07) is 5.26. The minimum absolute atomic E-state index is 0.0231. The molecule has 7 nitrogen and oxygen atoms in total. The summed E-state index contributed by atoms with van der Waals surface area (Å²) in [5.74, 6) is -0.671. The number of esters is 1. The maximum atomic E-state index is 12.5. The van der Waals surface area contributed by atoms with E-state index in [1.165, 1.54) is 12.1 Å². The van der Waals surface area contributed by atoms with Crippen LogP contribution in [0.4, 0.5) is 5.69 Å². The number of hydrogen-bond donors (Lipinski definition) is 0. The molecule has 2 rings (SSSR count). The van der Waals surface area contributed by atoms with Crippen molar-refractivity contribution in [2.24, 2.45) is 5.92 Å². The predicted octanol–water partition coefficient (Wildman–Crippen LogP) is 4.75. The number of Topliss-reactive ketones (excluding diaryl/α,β-unsaturated/α-hetero) is 1. The van der Waals surface area contributed by atoms with Crippen LogP contribution in [0, 0.1) is 29.9 Å². The standard InChI is InChI=1S/C20H23ClN2O5/c1-12(2)7-8-22-13(3)9-16(14(22)4)19(24)11-28-20(25)17-10-15(23(26)27)5-6-18(17)21/h5-6,9-10,12H,7-8,11H2,1-4H3. The number of ketones is 1. The Morgan fingerprint density at radius 1 is 1.21 bits per heavy atom. The van der Waals surface area contributed by atoms with E-state index in [9.17, 15) is 19.7 Å². The van der Waals surface area contributed by atoms with Gasteiger partial charge in [0, 0.05) is 35.6 Å². The van der Waals surface area contributed by atoms with Gasteiger partial charge in [0.05, 0.1) is 15.5 Å². The van der Waals surface area contributed by atoms with Gasteiger partial charge in [-0.15, -0.1) is 0 Å². The lowest BCUT2D eigenvalue weighted by Crippen LogP contribution is -2.15. The summed E-state index contributed by atoms with van der Waals surface area (Å²) in [4.78, 5) is 35.0. The zero-order chi connectivity index (χ0) is 21.0. The third-order valence-electron chi connectivity index (χ3n) is 4.52. The lowest BCUT2D eigenvalue weighted by atomic mass is 10.1. The average Bonchev–Trinajstić information content (AvgIpc) is 2.91. The van der Waals surface area contributed by atoms with Crippen LogP contribution >= 0.6 is 11.6 Å². The van der Waals surface area contributed by atoms with Crippen LogP contribution in [0.2, 0.25) is 5.02 Å². The summed E-state index contributed by atoms with van der Waals surface area (Å²) in [5.41, 5.74) is 1.86. The molecule has 0 bridgehead atoms. The second-order valence-electron chi connectivity index (χ2n) is 7.04. The molecule has 0 N–H and O–H groups in total. The Bertz CT molecular complexity index is 918. The van der Waals surface area contributed by atoms with E-state index >= 15 is 0 Å². The van der Waals surface area contributed by atoms with Crippen LogP contribution in [0.25, 0.3) is 0 Å². The SMILES string of the molecule is Cc1cc(C(=O)COC(=O)c2cc([N+](=O)[O-])ccc2Cl)c(C)n1CCC(C)C. The Morgan fingerprint density at radius 3 is 2.50 bits per heavy atom. The van der Waals surface area contributed by atoms with Crippen LogP contribution < -0.4 is 0 Å². The third kappa shape index (κ3) is 4.98. The third-order valence-corrected chi connectivity index (χ3v) is 4.85. The number of aromatic nitrogens is 1. The minimum atomic E-state index is -0.879. The van der Waals surface area contributed by atoms with Crippen LogP contribution in [0.3, 0.4) is 0 Å². The summed E-state index contributed by atoms with van der Waals surface area (Å²) in [6.45, 7) is 8.41. The molecule has 8 heteroatoms. The van der Waals surface area contributed by atoms with Crippen molar-refractivity contribution in [2.75, 3.05) is 6.61 Å². The van der Waals surface area contributed by atoms with Crippen molar-refractivity contribution in [3.63, 3.8) is 0 Å². The number of rotatable bonds is 8. The molecule has 0 radical (unpaired) electrons. The van der Waals surface area contributed by atoms with E-state index in [-0.39, 0.29) is 22.1 Å².